The van der Waals surface area contributed by atoms with Gasteiger partial charge in [0.05, 0.1) is 0 Å². The van der Waals surface area contributed by atoms with Gasteiger partial charge in [-0.3, -0.25) is 0 Å². The Labute approximate surface area is 103 Å². The number of nitrogens with two attached hydrogens (primary N) is 1. The van der Waals surface area contributed by atoms with E-state index in [1.54, 1.807) is 19.2 Å². The van der Waals surface area contributed by atoms with Crippen molar-refractivity contribution >= 4 is 11.9 Å². The van der Waals surface area contributed by atoms with Crippen LogP contribution < -0.4 is 11.1 Å². The second-order valence-corrected chi connectivity index (χ2v) is 3.90. The maximum atomic E-state index is 11.9. The Morgan fingerprint density at radius 1 is 1.50 bits per heavy atom. The Hall–Kier alpha value is -1.67. The minimum absolute atomic E-state index is 0.0667. The van der Waals surface area contributed by atoms with Gasteiger partial charge >= 0.3 is 12.2 Å². The first-order valence-electron chi connectivity index (χ1n) is 5.25. The molecule has 0 aromatic rings. The van der Waals surface area contributed by atoms with Crippen LogP contribution in [0.25, 0.3) is 0 Å². The molecule has 0 heterocycles. The zero-order chi connectivity index (χ0) is 14.3. The monoisotopic (exact) mass is 270 g/mol. The van der Waals surface area contributed by atoms with Gasteiger partial charge in [-0.25, -0.2) is 4.79 Å². The summed E-state index contributed by atoms with van der Waals surface area (Å²) in [5, 5.41) is 12.8. The Balaban J connectivity index is 4.37. The molecular formula is C9H17F3N4O2. The Morgan fingerprint density at radius 3 is 2.44 bits per heavy atom. The SMILES string of the molecule is CC(C)N(CCC(N)=NO)C(=O)NCC(F)(F)F. The van der Waals surface area contributed by atoms with Gasteiger partial charge in [0.2, 0.25) is 0 Å². The van der Waals surface area contributed by atoms with Crippen molar-refractivity contribution in [3.8, 4) is 0 Å². The summed E-state index contributed by atoms with van der Waals surface area (Å²) in [7, 11) is 0. The standard InChI is InChI=1S/C9H17F3N4O2/c1-6(2)16(4-3-7(13)15-18)8(17)14-5-9(10,11)12/h6,18H,3-5H2,1-2H3,(H2,13,15)(H,14,17). The average molecular weight is 270 g/mol. The summed E-state index contributed by atoms with van der Waals surface area (Å²) in [4.78, 5) is 12.7. The molecule has 0 saturated heterocycles. The van der Waals surface area contributed by atoms with Crippen molar-refractivity contribution in [2.75, 3.05) is 13.1 Å². The second-order valence-electron chi connectivity index (χ2n) is 3.90. The molecule has 2 amide bonds. The van der Waals surface area contributed by atoms with E-state index < -0.39 is 18.8 Å². The highest BCUT2D eigenvalue weighted by Crippen LogP contribution is 2.12. The first kappa shape index (κ1) is 16.3. The second kappa shape index (κ2) is 6.92. The van der Waals surface area contributed by atoms with Crippen LogP contribution in [0.5, 0.6) is 0 Å². The van der Waals surface area contributed by atoms with Gasteiger partial charge < -0.3 is 21.2 Å². The molecule has 0 aromatic heterocycles. The van der Waals surface area contributed by atoms with E-state index >= 15 is 0 Å². The summed E-state index contributed by atoms with van der Waals surface area (Å²) in [6, 6.07) is -1.14. The van der Waals surface area contributed by atoms with E-state index in [4.69, 9.17) is 10.9 Å². The smallest absolute Gasteiger partial charge is 0.405 e. The first-order chi connectivity index (χ1) is 8.17. The van der Waals surface area contributed by atoms with Gasteiger partial charge in [0.1, 0.15) is 12.4 Å². The van der Waals surface area contributed by atoms with E-state index in [0.29, 0.717) is 0 Å². The van der Waals surface area contributed by atoms with Crippen LogP contribution in [0, 0.1) is 0 Å². The van der Waals surface area contributed by atoms with E-state index in [2.05, 4.69) is 5.16 Å². The van der Waals surface area contributed by atoms with Crippen LogP contribution in [0.4, 0.5) is 18.0 Å². The number of rotatable bonds is 5. The van der Waals surface area contributed by atoms with Gasteiger partial charge in [0.25, 0.3) is 0 Å². The summed E-state index contributed by atoms with van der Waals surface area (Å²) >= 11 is 0. The molecule has 0 unspecified atom stereocenters. The van der Waals surface area contributed by atoms with E-state index in [1.807, 2.05) is 0 Å². The topological polar surface area (TPSA) is 90.9 Å². The molecule has 0 aromatic carbocycles. The molecule has 0 aliphatic heterocycles. The summed E-state index contributed by atoms with van der Waals surface area (Å²) < 4.78 is 35.8. The number of nitrogens with one attached hydrogen (secondary N) is 1. The summed E-state index contributed by atoms with van der Waals surface area (Å²) in [6.45, 7) is 1.98. The highest BCUT2D eigenvalue weighted by atomic mass is 19.4. The maximum Gasteiger partial charge on any atom is 0.405 e. The normalized spacial score (nSPS) is 12.7. The van der Waals surface area contributed by atoms with Gasteiger partial charge in [-0.05, 0) is 13.8 Å². The quantitative estimate of drug-likeness (QED) is 0.302. The highest BCUT2D eigenvalue weighted by Gasteiger charge is 2.29. The predicted molar refractivity (Wildman–Crippen MR) is 59.3 cm³/mol. The van der Waals surface area contributed by atoms with Crippen LogP contribution in [0.15, 0.2) is 5.16 Å². The van der Waals surface area contributed by atoms with E-state index in [1.165, 1.54) is 4.90 Å². The third kappa shape index (κ3) is 6.81. The largest absolute Gasteiger partial charge is 0.409 e. The molecule has 0 bridgehead atoms. The number of halogens is 3. The number of oxime groups is 1. The van der Waals surface area contributed by atoms with E-state index in [9.17, 15) is 18.0 Å². The molecule has 4 N–H and O–H groups in total. The van der Waals surface area contributed by atoms with E-state index in [0.717, 1.165) is 0 Å². The number of carbonyl (C=O) groups is 1. The lowest BCUT2D eigenvalue weighted by Gasteiger charge is -2.27. The van der Waals surface area contributed by atoms with Crippen molar-refractivity contribution in [3.05, 3.63) is 0 Å². The number of carbonyl (C=O) groups excluding carboxylic acids is 1. The van der Waals surface area contributed by atoms with Crippen molar-refractivity contribution in [1.29, 1.82) is 0 Å². The van der Waals surface area contributed by atoms with Crippen molar-refractivity contribution in [2.45, 2.75) is 32.5 Å². The molecule has 0 fully saturated rings. The van der Waals surface area contributed by atoms with Crippen LogP contribution in [0.3, 0.4) is 0 Å². The Kier molecular flexibility index (Phi) is 6.28. The van der Waals surface area contributed by atoms with Crippen LogP contribution in [0.2, 0.25) is 0 Å². The fraction of sp³-hybridized carbons (Fsp3) is 0.778. The fourth-order valence-corrected chi connectivity index (χ4v) is 1.16. The minimum Gasteiger partial charge on any atom is -0.409 e. The van der Waals surface area contributed by atoms with Gasteiger partial charge in [-0.1, -0.05) is 5.16 Å². The minimum atomic E-state index is -4.45. The molecular weight excluding hydrogens is 253 g/mol. The molecule has 9 heteroatoms. The van der Waals surface area contributed by atoms with Crippen molar-refractivity contribution in [1.82, 2.24) is 10.2 Å². The number of hydrogen-bond acceptors (Lipinski definition) is 3. The molecule has 6 nitrogen and oxygen atoms in total. The number of amidine groups is 1. The molecule has 18 heavy (non-hydrogen) atoms. The number of hydrogen-bond donors (Lipinski definition) is 3. The molecule has 0 radical (unpaired) electrons. The molecule has 0 aliphatic carbocycles. The Morgan fingerprint density at radius 2 is 2.06 bits per heavy atom. The Bertz CT molecular complexity index is 305. The number of nitrogens with zero attached hydrogens (tertiary/aromatic N) is 2. The average Bonchev–Trinajstić information content (AvgIpc) is 2.24. The molecule has 0 saturated carbocycles. The van der Waals surface area contributed by atoms with Crippen LogP contribution in [-0.2, 0) is 0 Å². The lowest BCUT2D eigenvalue weighted by molar-refractivity contribution is -0.123. The van der Waals surface area contributed by atoms with E-state index in [-0.39, 0.29) is 24.8 Å². The molecule has 0 spiro atoms. The summed E-state index contributed by atoms with van der Waals surface area (Å²) in [5.41, 5.74) is 5.23. The number of alkyl halides is 3. The zero-order valence-corrected chi connectivity index (χ0v) is 10.2. The molecule has 0 rings (SSSR count). The van der Waals surface area contributed by atoms with Crippen molar-refractivity contribution in [3.63, 3.8) is 0 Å². The first-order valence-corrected chi connectivity index (χ1v) is 5.25. The predicted octanol–water partition coefficient (Wildman–Crippen LogP) is 1.11. The van der Waals surface area contributed by atoms with Crippen LogP contribution >= 0.6 is 0 Å². The fourth-order valence-electron chi connectivity index (χ4n) is 1.16. The van der Waals surface area contributed by atoms with Gasteiger partial charge in [0.15, 0.2) is 0 Å². The maximum absolute atomic E-state index is 11.9. The van der Waals surface area contributed by atoms with Crippen molar-refractivity contribution < 1.29 is 23.2 Å². The highest BCUT2D eigenvalue weighted by molar-refractivity contribution is 5.81. The lowest BCUT2D eigenvalue weighted by Crippen LogP contribution is -2.47. The summed E-state index contributed by atoms with van der Waals surface area (Å²) in [5.74, 6) is -0.0933. The lowest BCUT2D eigenvalue weighted by atomic mass is 10.3. The summed E-state index contributed by atoms with van der Waals surface area (Å²) in [6.07, 6.45) is -4.38. The van der Waals surface area contributed by atoms with Gasteiger partial charge in [-0.15, -0.1) is 0 Å². The number of urea groups is 1. The van der Waals surface area contributed by atoms with Gasteiger partial charge in [-0.2, -0.15) is 13.2 Å². The van der Waals surface area contributed by atoms with Crippen LogP contribution in [-0.4, -0.2) is 47.3 Å². The van der Waals surface area contributed by atoms with Crippen molar-refractivity contribution in [2.24, 2.45) is 10.9 Å². The zero-order valence-electron chi connectivity index (χ0n) is 10.2. The van der Waals surface area contributed by atoms with Crippen LogP contribution in [0.1, 0.15) is 20.3 Å². The van der Waals surface area contributed by atoms with Gasteiger partial charge in [0, 0.05) is 19.0 Å². The molecule has 0 atom stereocenters. The third-order valence-electron chi connectivity index (χ3n) is 2.06. The third-order valence-corrected chi connectivity index (χ3v) is 2.06. The molecule has 0 aliphatic rings. The number of amides is 2. The molecule has 106 valence electrons.